The van der Waals surface area contributed by atoms with E-state index in [9.17, 15) is 9.59 Å². The molecule has 0 spiro atoms. The standard InChI is InChI=1S/C19H37NO4/c1-9-23-17(21)15(10-13(2)3)12-16(11-14(4)5)20-18(22)24-19(6,7)8/h13-16H,9-12H2,1-8H3,(H,20,22)/t15?,16-/m0/s1. The summed E-state index contributed by atoms with van der Waals surface area (Å²) in [7, 11) is 0. The van der Waals surface area contributed by atoms with E-state index >= 15 is 0 Å². The van der Waals surface area contributed by atoms with Gasteiger partial charge in [-0.2, -0.15) is 0 Å². The van der Waals surface area contributed by atoms with Crippen LogP contribution in [0.3, 0.4) is 0 Å². The van der Waals surface area contributed by atoms with Crippen LogP contribution in [0.25, 0.3) is 0 Å². The largest absolute Gasteiger partial charge is 0.466 e. The number of hydrogen-bond acceptors (Lipinski definition) is 4. The first-order chi connectivity index (χ1) is 10.9. The maximum absolute atomic E-state index is 12.2. The summed E-state index contributed by atoms with van der Waals surface area (Å²) in [6, 6.07) is -0.104. The van der Waals surface area contributed by atoms with E-state index in [-0.39, 0.29) is 17.9 Å². The third-order valence-corrected chi connectivity index (χ3v) is 3.42. The fourth-order valence-corrected chi connectivity index (χ4v) is 2.72. The Hall–Kier alpha value is -1.26. The highest BCUT2D eigenvalue weighted by atomic mass is 16.6. The highest BCUT2D eigenvalue weighted by Gasteiger charge is 2.27. The number of esters is 1. The van der Waals surface area contributed by atoms with E-state index in [1.807, 2.05) is 27.7 Å². The third kappa shape index (κ3) is 11.3. The normalized spacial score (nSPS) is 14.4. The second kappa shape index (κ2) is 10.6. The number of nitrogens with one attached hydrogen (secondary N) is 1. The van der Waals surface area contributed by atoms with Crippen LogP contribution in [0.5, 0.6) is 0 Å². The number of hydrogen-bond donors (Lipinski definition) is 1. The Bertz CT molecular complexity index is 385. The summed E-state index contributed by atoms with van der Waals surface area (Å²) in [6.45, 7) is 16.1. The van der Waals surface area contributed by atoms with Gasteiger partial charge in [-0.25, -0.2) is 4.79 Å². The van der Waals surface area contributed by atoms with Crippen molar-refractivity contribution in [2.24, 2.45) is 17.8 Å². The molecule has 0 aromatic heterocycles. The van der Waals surface area contributed by atoms with Crippen LogP contribution in [-0.4, -0.2) is 30.3 Å². The topological polar surface area (TPSA) is 64.6 Å². The summed E-state index contributed by atoms with van der Waals surface area (Å²) in [5, 5.41) is 2.94. The lowest BCUT2D eigenvalue weighted by molar-refractivity contribution is -0.149. The summed E-state index contributed by atoms with van der Waals surface area (Å²) >= 11 is 0. The Morgan fingerprint density at radius 1 is 0.958 bits per heavy atom. The highest BCUT2D eigenvalue weighted by Crippen LogP contribution is 2.22. The lowest BCUT2D eigenvalue weighted by Gasteiger charge is -2.27. The van der Waals surface area contributed by atoms with Gasteiger partial charge in [-0.05, 0) is 58.8 Å². The van der Waals surface area contributed by atoms with E-state index in [2.05, 4.69) is 33.0 Å². The SMILES string of the molecule is CCOC(=O)C(CC(C)C)C[C@H](CC(C)C)NC(=O)OC(C)(C)C. The predicted molar refractivity (Wildman–Crippen MR) is 96.8 cm³/mol. The molecule has 0 aromatic carbocycles. The van der Waals surface area contributed by atoms with Crippen LogP contribution in [-0.2, 0) is 14.3 Å². The molecule has 2 atom stereocenters. The molecule has 0 aliphatic carbocycles. The van der Waals surface area contributed by atoms with Gasteiger partial charge in [0.2, 0.25) is 0 Å². The molecule has 0 aliphatic rings. The zero-order valence-corrected chi connectivity index (χ0v) is 16.8. The van der Waals surface area contributed by atoms with Gasteiger partial charge in [-0.15, -0.1) is 0 Å². The number of carbonyl (C=O) groups excluding carboxylic acids is 2. The highest BCUT2D eigenvalue weighted by molar-refractivity contribution is 5.73. The molecule has 24 heavy (non-hydrogen) atoms. The average molecular weight is 344 g/mol. The second-order valence-electron chi connectivity index (χ2n) is 8.29. The smallest absolute Gasteiger partial charge is 0.407 e. The fourth-order valence-electron chi connectivity index (χ4n) is 2.72. The summed E-state index contributed by atoms with van der Waals surface area (Å²) in [6.07, 6.45) is 1.70. The minimum atomic E-state index is -0.537. The number of alkyl carbamates (subject to hydrolysis) is 1. The van der Waals surface area contributed by atoms with Crippen molar-refractivity contribution in [1.29, 1.82) is 0 Å². The number of rotatable bonds is 9. The zero-order valence-electron chi connectivity index (χ0n) is 16.8. The van der Waals surface area contributed by atoms with Gasteiger partial charge in [-0.3, -0.25) is 4.79 Å². The third-order valence-electron chi connectivity index (χ3n) is 3.42. The fraction of sp³-hybridized carbons (Fsp3) is 0.895. The molecular weight excluding hydrogens is 306 g/mol. The Labute approximate surface area is 147 Å². The van der Waals surface area contributed by atoms with Gasteiger partial charge in [-0.1, -0.05) is 27.7 Å². The van der Waals surface area contributed by atoms with Crippen LogP contribution >= 0.6 is 0 Å². The summed E-state index contributed by atoms with van der Waals surface area (Å²) < 4.78 is 10.6. The molecule has 0 saturated carbocycles. The molecule has 0 aromatic rings. The van der Waals surface area contributed by atoms with Gasteiger partial charge in [0.05, 0.1) is 12.5 Å². The van der Waals surface area contributed by atoms with Crippen molar-refractivity contribution in [3.63, 3.8) is 0 Å². The quantitative estimate of drug-likeness (QED) is 0.624. The maximum Gasteiger partial charge on any atom is 0.407 e. The van der Waals surface area contributed by atoms with E-state index in [0.29, 0.717) is 24.9 Å². The number of carbonyl (C=O) groups is 2. The van der Waals surface area contributed by atoms with Crippen LogP contribution in [0.2, 0.25) is 0 Å². The molecule has 0 fully saturated rings. The summed E-state index contributed by atoms with van der Waals surface area (Å²) in [5.41, 5.74) is -0.537. The Kier molecular flexibility index (Phi) is 10.0. The van der Waals surface area contributed by atoms with E-state index < -0.39 is 11.7 Å². The van der Waals surface area contributed by atoms with Gasteiger partial charge >= 0.3 is 12.1 Å². The van der Waals surface area contributed by atoms with Crippen LogP contribution < -0.4 is 5.32 Å². The second-order valence-corrected chi connectivity index (χ2v) is 8.29. The van der Waals surface area contributed by atoms with Gasteiger partial charge in [0, 0.05) is 6.04 Å². The van der Waals surface area contributed by atoms with Gasteiger partial charge in [0.15, 0.2) is 0 Å². The van der Waals surface area contributed by atoms with Gasteiger partial charge in [0.1, 0.15) is 5.60 Å². The van der Waals surface area contributed by atoms with E-state index in [4.69, 9.17) is 9.47 Å². The molecule has 0 radical (unpaired) electrons. The van der Waals surface area contributed by atoms with Crippen molar-refractivity contribution in [2.75, 3.05) is 6.61 Å². The molecule has 1 unspecified atom stereocenters. The van der Waals surface area contributed by atoms with Crippen molar-refractivity contribution in [3.8, 4) is 0 Å². The monoisotopic (exact) mass is 343 g/mol. The maximum atomic E-state index is 12.2. The molecule has 5 nitrogen and oxygen atoms in total. The molecule has 1 amide bonds. The van der Waals surface area contributed by atoms with Crippen molar-refractivity contribution in [3.05, 3.63) is 0 Å². The van der Waals surface area contributed by atoms with Gasteiger partial charge in [0.25, 0.3) is 0 Å². The van der Waals surface area contributed by atoms with Crippen LogP contribution in [0, 0.1) is 17.8 Å². The van der Waals surface area contributed by atoms with Crippen molar-refractivity contribution in [2.45, 2.75) is 86.3 Å². The molecule has 5 heteroatoms. The molecule has 0 bridgehead atoms. The van der Waals surface area contributed by atoms with Crippen LogP contribution in [0.1, 0.15) is 74.7 Å². The Morgan fingerprint density at radius 3 is 1.92 bits per heavy atom. The number of amides is 1. The van der Waals surface area contributed by atoms with E-state index in [0.717, 1.165) is 12.8 Å². The first kappa shape index (κ1) is 22.7. The lowest BCUT2D eigenvalue weighted by atomic mass is 9.88. The lowest BCUT2D eigenvalue weighted by Crippen LogP contribution is -2.41. The Balaban J connectivity index is 4.98. The summed E-state index contributed by atoms with van der Waals surface area (Å²) in [4.78, 5) is 24.3. The molecule has 0 heterocycles. The molecule has 0 rings (SSSR count). The van der Waals surface area contributed by atoms with Crippen LogP contribution in [0.15, 0.2) is 0 Å². The minimum Gasteiger partial charge on any atom is -0.466 e. The molecule has 0 saturated heterocycles. The average Bonchev–Trinajstić information content (AvgIpc) is 2.34. The van der Waals surface area contributed by atoms with Crippen LogP contribution in [0.4, 0.5) is 4.79 Å². The van der Waals surface area contributed by atoms with Crippen molar-refractivity contribution >= 4 is 12.1 Å². The van der Waals surface area contributed by atoms with Gasteiger partial charge < -0.3 is 14.8 Å². The summed E-state index contributed by atoms with van der Waals surface area (Å²) in [5.74, 6) is 0.419. The van der Waals surface area contributed by atoms with Crippen molar-refractivity contribution in [1.82, 2.24) is 5.32 Å². The first-order valence-corrected chi connectivity index (χ1v) is 9.10. The molecule has 1 N–H and O–H groups in total. The van der Waals surface area contributed by atoms with Crippen molar-refractivity contribution < 1.29 is 19.1 Å². The first-order valence-electron chi connectivity index (χ1n) is 9.10. The Morgan fingerprint density at radius 2 is 1.50 bits per heavy atom. The zero-order chi connectivity index (χ0) is 18.9. The van der Waals surface area contributed by atoms with E-state index in [1.54, 1.807) is 0 Å². The van der Waals surface area contributed by atoms with E-state index in [1.165, 1.54) is 0 Å². The minimum absolute atomic E-state index is 0.104. The molecule has 142 valence electrons. The molecular formula is C19H37NO4. The predicted octanol–water partition coefficient (Wildman–Crippen LogP) is 4.54. The molecule has 0 aliphatic heterocycles. The number of ether oxygens (including phenoxy) is 2.